The third-order valence-corrected chi connectivity index (χ3v) is 7.12. The second-order valence-corrected chi connectivity index (χ2v) is 8.98. The van der Waals surface area contributed by atoms with E-state index in [1.807, 2.05) is 30.3 Å². The fraction of sp³-hybridized carbons (Fsp3) is 0.350. The van der Waals surface area contributed by atoms with E-state index >= 15 is 0 Å². The van der Waals surface area contributed by atoms with Crippen molar-refractivity contribution in [2.75, 3.05) is 32.1 Å². The first-order valence-corrected chi connectivity index (χ1v) is 10.7. The molecule has 0 saturated carbocycles. The molecule has 2 heterocycles. The van der Waals surface area contributed by atoms with Crippen molar-refractivity contribution in [2.45, 2.75) is 11.7 Å². The van der Waals surface area contributed by atoms with Crippen LogP contribution in [0.4, 0.5) is 0 Å². The molecular formula is C20H21NO5S. The average Bonchev–Trinajstić information content (AvgIpc) is 2.85. The van der Waals surface area contributed by atoms with E-state index in [1.165, 1.54) is 0 Å². The third-order valence-electron chi connectivity index (χ3n) is 5.00. The molecule has 6 nitrogen and oxygen atoms in total. The van der Waals surface area contributed by atoms with E-state index in [4.69, 9.17) is 9.47 Å². The standard InChI is InChI=1S/C20H21NO5S/c22-20(16-7-4-8-17-19(16)26-13-12-25-17)21-10-9-18(27(23,24)14-11-21)15-5-2-1-3-6-15/h1-8,18H,9-14H2/t18-/m1/s1. The van der Waals surface area contributed by atoms with Crippen molar-refractivity contribution in [3.8, 4) is 11.5 Å². The molecule has 0 aliphatic carbocycles. The summed E-state index contributed by atoms with van der Waals surface area (Å²) in [7, 11) is -3.33. The minimum Gasteiger partial charge on any atom is -0.486 e. The Bertz CT molecular complexity index is 942. The molecule has 142 valence electrons. The van der Waals surface area contributed by atoms with Crippen LogP contribution in [0.15, 0.2) is 48.5 Å². The van der Waals surface area contributed by atoms with Crippen LogP contribution < -0.4 is 9.47 Å². The lowest BCUT2D eigenvalue weighted by molar-refractivity contribution is 0.0756. The van der Waals surface area contributed by atoms with Crippen LogP contribution in [0.1, 0.15) is 27.6 Å². The predicted octanol–water partition coefficient (Wildman–Crippen LogP) is 2.46. The van der Waals surface area contributed by atoms with Crippen LogP contribution in [0.25, 0.3) is 0 Å². The van der Waals surface area contributed by atoms with Gasteiger partial charge in [-0.3, -0.25) is 4.79 Å². The van der Waals surface area contributed by atoms with Gasteiger partial charge in [-0.1, -0.05) is 36.4 Å². The van der Waals surface area contributed by atoms with Gasteiger partial charge in [0.25, 0.3) is 5.91 Å². The Balaban J connectivity index is 1.59. The highest BCUT2D eigenvalue weighted by atomic mass is 32.2. The van der Waals surface area contributed by atoms with Gasteiger partial charge in [0.15, 0.2) is 21.3 Å². The Kier molecular flexibility index (Phi) is 4.78. The zero-order chi connectivity index (χ0) is 18.9. The van der Waals surface area contributed by atoms with Gasteiger partial charge >= 0.3 is 0 Å². The molecule has 1 amide bonds. The molecule has 2 aliphatic heterocycles. The fourth-order valence-corrected chi connectivity index (χ4v) is 5.40. The molecule has 2 aromatic carbocycles. The van der Waals surface area contributed by atoms with Crippen LogP contribution in [-0.2, 0) is 9.84 Å². The third kappa shape index (κ3) is 3.51. The van der Waals surface area contributed by atoms with Crippen molar-refractivity contribution in [3.63, 3.8) is 0 Å². The highest BCUT2D eigenvalue weighted by molar-refractivity contribution is 7.91. The number of sulfone groups is 1. The summed E-state index contributed by atoms with van der Waals surface area (Å²) in [6.45, 7) is 1.39. The first-order valence-electron chi connectivity index (χ1n) is 9.01. The van der Waals surface area contributed by atoms with Crippen molar-refractivity contribution in [1.29, 1.82) is 0 Å². The zero-order valence-electron chi connectivity index (χ0n) is 14.8. The molecule has 0 N–H and O–H groups in total. The molecule has 1 fully saturated rings. The summed E-state index contributed by atoms with van der Waals surface area (Å²) in [6, 6.07) is 14.4. The number of nitrogens with zero attached hydrogens (tertiary/aromatic N) is 1. The van der Waals surface area contributed by atoms with Gasteiger partial charge in [-0.15, -0.1) is 0 Å². The van der Waals surface area contributed by atoms with Gasteiger partial charge in [0, 0.05) is 13.1 Å². The molecule has 1 saturated heterocycles. The summed E-state index contributed by atoms with van der Waals surface area (Å²) in [5.41, 5.74) is 1.20. The summed E-state index contributed by atoms with van der Waals surface area (Å²) < 4.78 is 36.7. The van der Waals surface area contributed by atoms with Gasteiger partial charge in [-0.2, -0.15) is 0 Å². The maximum Gasteiger partial charge on any atom is 0.257 e. The van der Waals surface area contributed by atoms with E-state index in [0.29, 0.717) is 43.2 Å². The molecule has 7 heteroatoms. The summed E-state index contributed by atoms with van der Waals surface area (Å²) in [5, 5.41) is -0.583. The maximum atomic E-state index is 13.1. The Morgan fingerprint density at radius 1 is 0.963 bits per heavy atom. The number of rotatable bonds is 2. The lowest BCUT2D eigenvalue weighted by Crippen LogP contribution is -2.34. The quantitative estimate of drug-likeness (QED) is 0.792. The average molecular weight is 387 g/mol. The zero-order valence-corrected chi connectivity index (χ0v) is 15.7. The van der Waals surface area contributed by atoms with Gasteiger partial charge in [0.2, 0.25) is 0 Å². The smallest absolute Gasteiger partial charge is 0.257 e. The van der Waals surface area contributed by atoms with Crippen molar-refractivity contribution in [2.24, 2.45) is 0 Å². The van der Waals surface area contributed by atoms with Crippen molar-refractivity contribution in [3.05, 3.63) is 59.7 Å². The van der Waals surface area contributed by atoms with E-state index in [0.717, 1.165) is 5.56 Å². The Morgan fingerprint density at radius 2 is 1.74 bits per heavy atom. The largest absolute Gasteiger partial charge is 0.486 e. The van der Waals surface area contributed by atoms with Gasteiger partial charge in [0.1, 0.15) is 13.2 Å². The first-order chi connectivity index (χ1) is 13.1. The molecule has 27 heavy (non-hydrogen) atoms. The molecule has 0 aromatic heterocycles. The summed E-state index contributed by atoms with van der Waals surface area (Å²) in [6.07, 6.45) is 0.379. The molecule has 2 aromatic rings. The van der Waals surface area contributed by atoms with E-state index in [9.17, 15) is 13.2 Å². The number of carbonyl (C=O) groups excluding carboxylic acids is 1. The van der Waals surface area contributed by atoms with Crippen LogP contribution in [0.5, 0.6) is 11.5 Å². The van der Waals surface area contributed by atoms with Gasteiger partial charge in [0.05, 0.1) is 16.6 Å². The number of para-hydroxylation sites is 1. The van der Waals surface area contributed by atoms with Crippen LogP contribution in [0.3, 0.4) is 0 Å². The van der Waals surface area contributed by atoms with Crippen LogP contribution in [0.2, 0.25) is 0 Å². The van der Waals surface area contributed by atoms with Crippen LogP contribution in [-0.4, -0.2) is 51.3 Å². The molecule has 0 radical (unpaired) electrons. The van der Waals surface area contributed by atoms with Gasteiger partial charge in [-0.05, 0) is 24.1 Å². The van der Waals surface area contributed by atoms with Gasteiger partial charge in [-0.25, -0.2) is 8.42 Å². The minimum absolute atomic E-state index is 0.0509. The first kappa shape index (κ1) is 17.9. The monoisotopic (exact) mass is 387 g/mol. The highest BCUT2D eigenvalue weighted by Gasteiger charge is 2.34. The topological polar surface area (TPSA) is 72.9 Å². The molecule has 1 atom stereocenters. The lowest BCUT2D eigenvalue weighted by Gasteiger charge is -2.24. The number of fused-ring (bicyclic) bond motifs is 1. The van der Waals surface area contributed by atoms with Crippen molar-refractivity contribution in [1.82, 2.24) is 4.90 Å². The highest BCUT2D eigenvalue weighted by Crippen LogP contribution is 2.35. The number of hydrogen-bond acceptors (Lipinski definition) is 5. The predicted molar refractivity (Wildman–Crippen MR) is 101 cm³/mol. The SMILES string of the molecule is O=C(c1cccc2c1OCCO2)N1CC[C@H](c2ccccc2)S(=O)(=O)CC1. The van der Waals surface area contributed by atoms with E-state index in [-0.39, 0.29) is 18.2 Å². The van der Waals surface area contributed by atoms with E-state index < -0.39 is 15.1 Å². The molecule has 4 rings (SSSR count). The molecule has 0 spiro atoms. The second kappa shape index (κ2) is 7.23. The number of benzene rings is 2. The maximum absolute atomic E-state index is 13.1. The number of carbonyl (C=O) groups is 1. The summed E-state index contributed by atoms with van der Waals surface area (Å²) in [4.78, 5) is 14.7. The number of amides is 1. The Hall–Kier alpha value is -2.54. The van der Waals surface area contributed by atoms with Crippen LogP contribution >= 0.6 is 0 Å². The Labute approximate surface area is 158 Å². The van der Waals surface area contributed by atoms with Crippen molar-refractivity contribution < 1.29 is 22.7 Å². The van der Waals surface area contributed by atoms with Crippen LogP contribution in [0, 0.1) is 0 Å². The van der Waals surface area contributed by atoms with Gasteiger partial charge < -0.3 is 14.4 Å². The minimum atomic E-state index is -3.33. The molecule has 2 aliphatic rings. The second-order valence-electron chi connectivity index (χ2n) is 6.68. The number of hydrogen-bond donors (Lipinski definition) is 0. The van der Waals surface area contributed by atoms with E-state index in [1.54, 1.807) is 23.1 Å². The summed E-state index contributed by atoms with van der Waals surface area (Å²) in [5.74, 6) is 0.725. The normalized spacial score (nSPS) is 21.3. The fourth-order valence-electron chi connectivity index (χ4n) is 3.60. The molecule has 0 bridgehead atoms. The summed E-state index contributed by atoms with van der Waals surface area (Å²) >= 11 is 0. The number of ether oxygens (including phenoxy) is 2. The van der Waals surface area contributed by atoms with Crippen molar-refractivity contribution >= 4 is 15.7 Å². The molecule has 0 unspecified atom stereocenters. The van der Waals surface area contributed by atoms with E-state index in [2.05, 4.69) is 0 Å². The Morgan fingerprint density at radius 3 is 2.56 bits per heavy atom. The molecular weight excluding hydrogens is 366 g/mol. The lowest BCUT2D eigenvalue weighted by atomic mass is 10.1.